The molecule has 0 amide bonds. The van der Waals surface area contributed by atoms with E-state index >= 15 is 0 Å². The van der Waals surface area contributed by atoms with E-state index in [0.717, 1.165) is 12.8 Å². The maximum atomic E-state index is 10.7. The first-order chi connectivity index (χ1) is 10.8. The Morgan fingerprint density at radius 2 is 1.17 bits per heavy atom. The summed E-state index contributed by atoms with van der Waals surface area (Å²) in [6, 6.07) is 0. The fourth-order valence-electron chi connectivity index (χ4n) is 2.17. The Morgan fingerprint density at radius 1 is 0.875 bits per heavy atom. The molecule has 0 aliphatic carbocycles. The van der Waals surface area contributed by atoms with Gasteiger partial charge < -0.3 is 6.26 Å². The van der Waals surface area contributed by atoms with Crippen LogP contribution in [0.3, 0.4) is 0 Å². The predicted octanol–water partition coefficient (Wildman–Crippen LogP) is 0.958. The molecule has 0 radical (unpaired) electrons. The minimum Gasteiger partial charge on any atom is -1.00 e. The van der Waals surface area contributed by atoms with Crippen LogP contribution in [0.15, 0.2) is 0 Å². The predicted molar refractivity (Wildman–Crippen MR) is 91.3 cm³/mol. The van der Waals surface area contributed by atoms with Crippen LogP contribution in [-0.4, -0.2) is 23.5 Å². The van der Waals surface area contributed by atoms with Gasteiger partial charge in [-0.05, 0) is 6.42 Å². The second-order valence-electron chi connectivity index (χ2n) is 5.58. The van der Waals surface area contributed by atoms with E-state index in [-0.39, 0.29) is 37.0 Å². The summed E-state index contributed by atoms with van der Waals surface area (Å²) < 4.78 is 31.6. The molecule has 4 N–H and O–H groups in total. The molecule has 0 saturated carbocycles. The molecule has 0 aromatic rings. The van der Waals surface area contributed by atoms with Crippen molar-refractivity contribution in [1.82, 2.24) is 0 Å². The third-order valence-corrected chi connectivity index (χ3v) is 3.37. The summed E-state index contributed by atoms with van der Waals surface area (Å²) in [4.78, 5) is 14.9. The van der Waals surface area contributed by atoms with Crippen LogP contribution in [0.1, 0.15) is 91.8 Å². The van der Waals surface area contributed by atoms with Gasteiger partial charge in [0.25, 0.3) is 0 Å². The number of carbonyl (C=O) groups is 1. The van der Waals surface area contributed by atoms with Crippen LogP contribution in [0.2, 0.25) is 0 Å². The summed E-state index contributed by atoms with van der Waals surface area (Å²) >= 11 is 0. The Bertz CT molecular complexity index is 363. The van der Waals surface area contributed by atoms with E-state index in [2.05, 4.69) is 11.8 Å². The van der Waals surface area contributed by atoms with E-state index in [0.29, 0.717) is 6.42 Å². The molecule has 9 heteroatoms. The molecule has 0 aliphatic heterocycles. The summed E-state index contributed by atoms with van der Waals surface area (Å²) in [7, 11) is -4.67. The molecular formula is C15H34NNaO6S. The van der Waals surface area contributed by atoms with Crippen molar-refractivity contribution in [2.75, 3.05) is 0 Å². The van der Waals surface area contributed by atoms with Gasteiger partial charge in [0, 0.05) is 6.42 Å². The van der Waals surface area contributed by atoms with Crippen LogP contribution in [0, 0.1) is 0 Å². The summed E-state index contributed by atoms with van der Waals surface area (Å²) in [5, 5.41) is 0. The van der Waals surface area contributed by atoms with E-state index < -0.39 is 10.4 Å². The van der Waals surface area contributed by atoms with Gasteiger partial charge in [0.15, 0.2) is 0 Å². The second-order valence-corrected chi connectivity index (χ2v) is 6.47. The van der Waals surface area contributed by atoms with Crippen molar-refractivity contribution in [3.63, 3.8) is 0 Å². The zero-order valence-corrected chi connectivity index (χ0v) is 18.0. The van der Waals surface area contributed by atoms with Crippen LogP contribution < -0.4 is 35.5 Å². The Labute approximate surface area is 170 Å². The average molecular weight is 379 g/mol. The van der Waals surface area contributed by atoms with Crippen LogP contribution in [0.5, 0.6) is 0 Å². The van der Waals surface area contributed by atoms with Crippen molar-refractivity contribution in [2.45, 2.75) is 90.4 Å². The van der Waals surface area contributed by atoms with Gasteiger partial charge >= 0.3 is 45.9 Å². The van der Waals surface area contributed by atoms with Crippen LogP contribution in [-0.2, 0) is 20.0 Å². The molecule has 0 unspecified atom stereocenters. The normalized spacial score (nSPS) is 10.3. The Hall–Kier alpha value is 0.300. The first-order valence-corrected chi connectivity index (χ1v) is 9.80. The molecule has 0 aromatic carbocycles. The van der Waals surface area contributed by atoms with Crippen LogP contribution in [0.25, 0.3) is 0 Å². The monoisotopic (exact) mass is 379 g/mol. The third-order valence-electron chi connectivity index (χ3n) is 3.37. The Kier molecular flexibility index (Phi) is 25.9. The zero-order chi connectivity index (χ0) is 18.0. The van der Waals surface area contributed by atoms with Crippen molar-refractivity contribution >= 4 is 16.4 Å². The first-order valence-electron chi connectivity index (χ1n) is 8.40. The molecule has 0 rings (SSSR count). The first kappa shape index (κ1) is 29.1. The number of carbonyl (C=O) groups excluding carboxylic acids is 1. The molecule has 0 saturated heterocycles. The van der Waals surface area contributed by atoms with Crippen LogP contribution in [0.4, 0.5) is 0 Å². The smallest absolute Gasteiger partial charge is 1.00 e. The van der Waals surface area contributed by atoms with Crippen molar-refractivity contribution in [3.8, 4) is 0 Å². The summed E-state index contributed by atoms with van der Waals surface area (Å²) in [5.41, 5.74) is 0. The van der Waals surface area contributed by atoms with Gasteiger partial charge in [-0.25, -0.2) is 0 Å². The van der Waals surface area contributed by atoms with E-state index in [1.54, 1.807) is 0 Å². The molecule has 142 valence electrons. The standard InChI is InChI=1S/C15H31NO2.Na.H2O4S.H/c1-2-3-4-5-6-7-8-9-10-11-12-13-14-15(17)18-16;;1-5(2,3)4;/h2-14,16H2,1H3;;(H2,1,2,3,4);/q;+1;;-1. The number of unbranched alkanes of at least 4 members (excludes halogenated alkanes) is 11. The molecule has 0 aliphatic rings. The average Bonchev–Trinajstić information content (AvgIpc) is 2.46. The molecule has 0 heterocycles. The summed E-state index contributed by atoms with van der Waals surface area (Å²) in [6.45, 7) is 2.26. The van der Waals surface area contributed by atoms with Gasteiger partial charge in [0.05, 0.1) is 0 Å². The molecule has 0 fully saturated rings. The van der Waals surface area contributed by atoms with Crippen molar-refractivity contribution < 1.29 is 58.1 Å². The second kappa shape index (κ2) is 21.3. The number of nitrogens with two attached hydrogens (primary N) is 1. The minimum atomic E-state index is -4.67. The molecule has 7 nitrogen and oxygen atoms in total. The molecule has 24 heavy (non-hydrogen) atoms. The van der Waals surface area contributed by atoms with E-state index in [1.807, 2.05) is 0 Å². The third kappa shape index (κ3) is 38.1. The maximum Gasteiger partial charge on any atom is 1.00 e. The molecular weight excluding hydrogens is 345 g/mol. The molecule has 0 atom stereocenters. The summed E-state index contributed by atoms with van der Waals surface area (Å²) in [5.74, 6) is 4.47. The minimum absolute atomic E-state index is 0. The van der Waals surface area contributed by atoms with Crippen molar-refractivity contribution in [3.05, 3.63) is 0 Å². The molecule has 0 spiro atoms. The summed E-state index contributed by atoms with van der Waals surface area (Å²) in [6.07, 6.45) is 16.1. The number of hydrogen-bond acceptors (Lipinski definition) is 5. The van der Waals surface area contributed by atoms with E-state index in [1.165, 1.54) is 64.2 Å². The number of rotatable bonds is 13. The Morgan fingerprint density at radius 3 is 1.46 bits per heavy atom. The van der Waals surface area contributed by atoms with E-state index in [9.17, 15) is 4.79 Å². The SMILES string of the molecule is CCCCCCCCCCCCCCC(=O)ON.O=S(=O)(O)O.[H-].[Na+]. The van der Waals surface area contributed by atoms with Gasteiger partial charge in [0.1, 0.15) is 0 Å². The van der Waals surface area contributed by atoms with Gasteiger partial charge in [-0.15, -0.1) is 0 Å². The van der Waals surface area contributed by atoms with Crippen molar-refractivity contribution in [2.24, 2.45) is 5.90 Å². The van der Waals surface area contributed by atoms with Gasteiger partial charge in [-0.3, -0.25) is 13.9 Å². The fraction of sp³-hybridized carbons (Fsp3) is 0.933. The largest absolute Gasteiger partial charge is 1.00 e. The molecule has 0 bridgehead atoms. The van der Waals surface area contributed by atoms with Gasteiger partial charge in [-0.2, -0.15) is 14.3 Å². The maximum absolute atomic E-state index is 10.7. The number of hydrogen-bond donors (Lipinski definition) is 3. The van der Waals surface area contributed by atoms with Gasteiger partial charge in [0.2, 0.25) is 0 Å². The molecule has 0 aromatic heterocycles. The van der Waals surface area contributed by atoms with Gasteiger partial charge in [-0.1, -0.05) is 77.6 Å². The van der Waals surface area contributed by atoms with E-state index in [4.69, 9.17) is 23.4 Å². The Balaban J connectivity index is -0.000000276. The zero-order valence-electron chi connectivity index (χ0n) is 16.2. The van der Waals surface area contributed by atoms with Crippen molar-refractivity contribution in [1.29, 1.82) is 0 Å². The topological polar surface area (TPSA) is 127 Å². The van der Waals surface area contributed by atoms with Crippen LogP contribution >= 0.6 is 0 Å². The quantitative estimate of drug-likeness (QED) is 0.188. The fourth-order valence-corrected chi connectivity index (χ4v) is 2.17.